The molecule has 0 unspecified atom stereocenters. The van der Waals surface area contributed by atoms with Crippen LogP contribution in [0.25, 0.3) is 16.8 Å². The van der Waals surface area contributed by atoms with E-state index in [1.165, 1.54) is 10.3 Å². The molecule has 4 aromatic carbocycles. The molecule has 0 saturated carbocycles. The molecule has 0 radical (unpaired) electrons. The van der Waals surface area contributed by atoms with E-state index in [-0.39, 0.29) is 24.3 Å². The van der Waals surface area contributed by atoms with Gasteiger partial charge in [-0.25, -0.2) is 0 Å². The molecular weight excluding hydrogens is 482 g/mol. The van der Waals surface area contributed by atoms with Gasteiger partial charge in [0.05, 0.1) is 11.4 Å². The number of ether oxygens (including phenoxy) is 2. The van der Waals surface area contributed by atoms with Gasteiger partial charge in [0.15, 0.2) is 0 Å². The molecule has 0 spiro atoms. The molecule has 0 N–H and O–H groups in total. The standard InChI is InChI=1S/C31H27NO4S/c1-21-11-12-22(2)28(17-21)35-16-15-32-30(33)29(37-31(32)34)19-26-9-5-6-10-27(26)36-20-23-13-14-24-7-3-4-8-25(24)18-23/h3-14,17-19H,15-16,20H2,1-2H3/b29-19-. The third-order valence-electron chi connectivity index (χ3n) is 6.20. The summed E-state index contributed by atoms with van der Waals surface area (Å²) in [7, 11) is 0. The number of amides is 2. The second kappa shape index (κ2) is 10.9. The van der Waals surface area contributed by atoms with Crippen molar-refractivity contribution in [3.8, 4) is 11.5 Å². The largest absolute Gasteiger partial charge is 0.491 e. The predicted molar refractivity (Wildman–Crippen MR) is 149 cm³/mol. The summed E-state index contributed by atoms with van der Waals surface area (Å²) in [5.41, 5.74) is 3.91. The van der Waals surface area contributed by atoms with Crippen LogP contribution < -0.4 is 9.47 Å². The molecule has 0 aromatic heterocycles. The Morgan fingerprint density at radius 1 is 0.811 bits per heavy atom. The fourth-order valence-corrected chi connectivity index (χ4v) is 5.02. The van der Waals surface area contributed by atoms with Crippen molar-refractivity contribution in [3.63, 3.8) is 0 Å². The summed E-state index contributed by atoms with van der Waals surface area (Å²) >= 11 is 0.940. The molecule has 6 heteroatoms. The number of hydrogen-bond donors (Lipinski definition) is 0. The first kappa shape index (κ1) is 24.7. The lowest BCUT2D eigenvalue weighted by Gasteiger charge is -2.14. The van der Waals surface area contributed by atoms with Gasteiger partial charge in [-0.2, -0.15) is 0 Å². The minimum absolute atomic E-state index is 0.190. The van der Waals surface area contributed by atoms with Crippen LogP contribution in [-0.2, 0) is 11.4 Å². The summed E-state index contributed by atoms with van der Waals surface area (Å²) in [5, 5.41) is 2.05. The summed E-state index contributed by atoms with van der Waals surface area (Å²) in [4.78, 5) is 27.2. The van der Waals surface area contributed by atoms with E-state index in [1.807, 2.05) is 68.4 Å². The number of nitrogens with zero attached hydrogens (tertiary/aromatic N) is 1. The third kappa shape index (κ3) is 5.70. The number of imide groups is 1. The summed E-state index contributed by atoms with van der Waals surface area (Å²) in [6.07, 6.45) is 1.73. The molecule has 186 valence electrons. The molecule has 1 saturated heterocycles. The zero-order valence-corrected chi connectivity index (χ0v) is 21.6. The number of hydrogen-bond acceptors (Lipinski definition) is 5. The van der Waals surface area contributed by atoms with Gasteiger partial charge in [-0.3, -0.25) is 14.5 Å². The van der Waals surface area contributed by atoms with E-state index in [4.69, 9.17) is 9.47 Å². The van der Waals surface area contributed by atoms with Crippen molar-refractivity contribution in [2.45, 2.75) is 20.5 Å². The zero-order chi connectivity index (χ0) is 25.8. The molecular formula is C31H27NO4S. The van der Waals surface area contributed by atoms with Crippen LogP contribution in [0.3, 0.4) is 0 Å². The minimum atomic E-state index is -0.316. The smallest absolute Gasteiger partial charge is 0.293 e. The summed E-state index contributed by atoms with van der Waals surface area (Å²) in [6.45, 7) is 4.79. The van der Waals surface area contributed by atoms with Gasteiger partial charge in [0.1, 0.15) is 24.7 Å². The Morgan fingerprint density at radius 2 is 1.59 bits per heavy atom. The first-order chi connectivity index (χ1) is 18.0. The van der Waals surface area contributed by atoms with Crippen molar-refractivity contribution in [1.82, 2.24) is 4.90 Å². The molecule has 5 nitrogen and oxygen atoms in total. The lowest BCUT2D eigenvalue weighted by molar-refractivity contribution is -0.123. The van der Waals surface area contributed by atoms with E-state index < -0.39 is 0 Å². The predicted octanol–water partition coefficient (Wildman–Crippen LogP) is 7.15. The number of aryl methyl sites for hydroxylation is 2. The van der Waals surface area contributed by atoms with E-state index in [9.17, 15) is 9.59 Å². The second-order valence-electron chi connectivity index (χ2n) is 8.96. The normalized spacial score (nSPS) is 14.5. The van der Waals surface area contributed by atoms with Crippen LogP contribution in [-0.4, -0.2) is 29.2 Å². The van der Waals surface area contributed by atoms with Crippen LogP contribution in [0.2, 0.25) is 0 Å². The lowest BCUT2D eigenvalue weighted by Crippen LogP contribution is -2.32. The Morgan fingerprint density at radius 3 is 2.46 bits per heavy atom. The maximum atomic E-state index is 13.0. The molecule has 1 fully saturated rings. The van der Waals surface area contributed by atoms with E-state index in [1.54, 1.807) is 6.08 Å². The summed E-state index contributed by atoms with van der Waals surface area (Å²) < 4.78 is 12.0. The zero-order valence-electron chi connectivity index (χ0n) is 20.8. The molecule has 37 heavy (non-hydrogen) atoms. The highest BCUT2D eigenvalue weighted by Crippen LogP contribution is 2.34. The van der Waals surface area contributed by atoms with E-state index in [2.05, 4.69) is 30.3 Å². The van der Waals surface area contributed by atoms with Crippen LogP contribution in [0.5, 0.6) is 11.5 Å². The average Bonchev–Trinajstić information content (AvgIpc) is 3.17. The topological polar surface area (TPSA) is 55.8 Å². The van der Waals surface area contributed by atoms with Gasteiger partial charge in [-0.1, -0.05) is 66.7 Å². The maximum Gasteiger partial charge on any atom is 0.293 e. The SMILES string of the molecule is Cc1ccc(C)c(OCCN2C(=O)S/C(=C\c3ccccc3OCc3ccc4ccccc4c3)C2=O)c1. The number of rotatable bonds is 8. The van der Waals surface area contributed by atoms with Gasteiger partial charge in [0.25, 0.3) is 11.1 Å². The Bertz CT molecular complexity index is 1510. The van der Waals surface area contributed by atoms with E-state index in [0.717, 1.165) is 45.2 Å². The van der Waals surface area contributed by atoms with Crippen molar-refractivity contribution in [3.05, 3.63) is 112 Å². The fraction of sp³-hybridized carbons (Fsp3) is 0.161. The number of thioether (sulfide) groups is 1. The van der Waals surface area contributed by atoms with Gasteiger partial charge in [0, 0.05) is 5.56 Å². The number of carbonyl (C=O) groups excluding carboxylic acids is 2. The molecule has 1 heterocycles. The van der Waals surface area contributed by atoms with Crippen molar-refractivity contribution >= 4 is 39.8 Å². The van der Waals surface area contributed by atoms with Gasteiger partial charge in [-0.05, 0) is 77.3 Å². The van der Waals surface area contributed by atoms with Crippen LogP contribution in [0, 0.1) is 13.8 Å². The first-order valence-electron chi connectivity index (χ1n) is 12.1. The van der Waals surface area contributed by atoms with Crippen molar-refractivity contribution in [2.75, 3.05) is 13.2 Å². The maximum absolute atomic E-state index is 13.0. The summed E-state index contributed by atoms with van der Waals surface area (Å²) in [5.74, 6) is 1.10. The Balaban J connectivity index is 1.25. The molecule has 2 amide bonds. The molecule has 5 rings (SSSR count). The number of fused-ring (bicyclic) bond motifs is 1. The van der Waals surface area contributed by atoms with Crippen molar-refractivity contribution in [2.24, 2.45) is 0 Å². The number of para-hydroxylation sites is 1. The highest BCUT2D eigenvalue weighted by atomic mass is 32.2. The molecule has 1 aliphatic heterocycles. The van der Waals surface area contributed by atoms with Crippen LogP contribution >= 0.6 is 11.8 Å². The quantitative estimate of drug-likeness (QED) is 0.236. The average molecular weight is 510 g/mol. The van der Waals surface area contributed by atoms with Gasteiger partial charge >= 0.3 is 0 Å². The fourth-order valence-electron chi connectivity index (χ4n) is 4.16. The van der Waals surface area contributed by atoms with E-state index in [0.29, 0.717) is 17.3 Å². The van der Waals surface area contributed by atoms with E-state index >= 15 is 0 Å². The highest BCUT2D eigenvalue weighted by Gasteiger charge is 2.35. The summed E-state index contributed by atoms with van der Waals surface area (Å²) in [6, 6.07) is 28.0. The number of benzene rings is 4. The highest BCUT2D eigenvalue weighted by molar-refractivity contribution is 8.18. The molecule has 0 atom stereocenters. The monoisotopic (exact) mass is 509 g/mol. The third-order valence-corrected chi connectivity index (χ3v) is 7.11. The molecule has 0 aliphatic carbocycles. The molecule has 0 bridgehead atoms. The van der Waals surface area contributed by atoms with Crippen LogP contribution in [0.15, 0.2) is 89.8 Å². The minimum Gasteiger partial charge on any atom is -0.491 e. The van der Waals surface area contributed by atoms with Gasteiger partial charge in [-0.15, -0.1) is 0 Å². The van der Waals surface area contributed by atoms with Crippen molar-refractivity contribution < 1.29 is 19.1 Å². The Labute approximate surface area is 220 Å². The molecule has 1 aliphatic rings. The van der Waals surface area contributed by atoms with Crippen molar-refractivity contribution in [1.29, 1.82) is 0 Å². The van der Waals surface area contributed by atoms with Gasteiger partial charge < -0.3 is 9.47 Å². The number of carbonyl (C=O) groups is 2. The Kier molecular flexibility index (Phi) is 7.28. The van der Waals surface area contributed by atoms with Crippen LogP contribution in [0.4, 0.5) is 4.79 Å². The Hall–Kier alpha value is -4.03. The second-order valence-corrected chi connectivity index (χ2v) is 9.95. The first-order valence-corrected chi connectivity index (χ1v) is 12.9. The lowest BCUT2D eigenvalue weighted by atomic mass is 10.1. The molecule has 4 aromatic rings. The van der Waals surface area contributed by atoms with Gasteiger partial charge in [0.2, 0.25) is 0 Å². The van der Waals surface area contributed by atoms with Crippen LogP contribution in [0.1, 0.15) is 22.3 Å².